The summed E-state index contributed by atoms with van der Waals surface area (Å²) in [6.45, 7) is 0. The molecule has 0 aliphatic carbocycles. The van der Waals surface area contributed by atoms with E-state index in [4.69, 9.17) is 11.6 Å². The first-order chi connectivity index (χ1) is 8.91. The van der Waals surface area contributed by atoms with Gasteiger partial charge in [0.1, 0.15) is 0 Å². The van der Waals surface area contributed by atoms with Gasteiger partial charge in [-0.25, -0.2) is 0 Å². The van der Waals surface area contributed by atoms with Gasteiger partial charge in [0.05, 0.1) is 10.6 Å². The first kappa shape index (κ1) is 13.6. The van der Waals surface area contributed by atoms with E-state index in [1.165, 1.54) is 24.3 Å². The Morgan fingerprint density at radius 2 is 1.58 bits per heavy atom. The van der Waals surface area contributed by atoms with Crippen molar-refractivity contribution in [2.75, 3.05) is 0 Å². The lowest BCUT2D eigenvalue weighted by molar-refractivity contribution is -0.137. The molecule has 2 aromatic rings. The third kappa shape index (κ3) is 2.79. The molecule has 0 fully saturated rings. The van der Waals surface area contributed by atoms with Crippen molar-refractivity contribution in [1.82, 2.24) is 0 Å². The van der Waals surface area contributed by atoms with E-state index in [1.54, 1.807) is 18.2 Å². The van der Waals surface area contributed by atoms with Gasteiger partial charge in [-0.15, -0.1) is 0 Å². The zero-order valence-corrected chi connectivity index (χ0v) is 10.3. The molecule has 19 heavy (non-hydrogen) atoms. The smallest absolute Gasteiger partial charge is 0.289 e. The Labute approximate surface area is 112 Å². The molecule has 0 atom stereocenters. The predicted octanol–water partition coefficient (Wildman–Crippen LogP) is 4.59. The van der Waals surface area contributed by atoms with Gasteiger partial charge in [-0.3, -0.25) is 4.79 Å². The zero-order valence-electron chi connectivity index (χ0n) is 9.54. The maximum atomic E-state index is 12.7. The molecule has 0 aliphatic heterocycles. The van der Waals surface area contributed by atoms with Gasteiger partial charge in [0.25, 0.3) is 0 Å². The Hall–Kier alpha value is -1.81. The number of halogens is 4. The minimum absolute atomic E-state index is 0.150. The van der Waals surface area contributed by atoms with E-state index >= 15 is 0 Å². The quantitative estimate of drug-likeness (QED) is 0.737. The molecule has 5 heteroatoms. The summed E-state index contributed by atoms with van der Waals surface area (Å²) in [6.07, 6.45) is -4.58. The van der Waals surface area contributed by atoms with Crippen molar-refractivity contribution in [3.8, 4) is 0 Å². The predicted molar refractivity (Wildman–Crippen MR) is 66.3 cm³/mol. The molecule has 0 amide bonds. The molecule has 0 bridgehead atoms. The summed E-state index contributed by atoms with van der Waals surface area (Å²) in [5.41, 5.74) is -0.859. The summed E-state index contributed by atoms with van der Waals surface area (Å²) >= 11 is 5.70. The Morgan fingerprint density at radius 3 is 2.16 bits per heavy atom. The lowest BCUT2D eigenvalue weighted by Gasteiger charge is -2.11. The first-order valence-electron chi connectivity index (χ1n) is 5.36. The van der Waals surface area contributed by atoms with Crippen molar-refractivity contribution in [3.63, 3.8) is 0 Å². The van der Waals surface area contributed by atoms with Crippen LogP contribution in [-0.2, 0) is 6.18 Å². The molecule has 0 aliphatic rings. The molecule has 0 saturated heterocycles. The van der Waals surface area contributed by atoms with Gasteiger partial charge >= 0.3 is 6.18 Å². The zero-order chi connectivity index (χ0) is 14.0. The molecule has 1 nitrogen and oxygen atoms in total. The van der Waals surface area contributed by atoms with Crippen LogP contribution < -0.4 is 0 Å². The Balaban J connectivity index is 2.50. The Kier molecular flexibility index (Phi) is 3.62. The van der Waals surface area contributed by atoms with Crippen LogP contribution in [0.1, 0.15) is 21.5 Å². The molecule has 2 aromatic carbocycles. The van der Waals surface area contributed by atoms with Gasteiger partial charge in [0, 0.05) is 11.1 Å². The maximum Gasteiger partial charge on any atom is 0.417 e. The van der Waals surface area contributed by atoms with Crippen molar-refractivity contribution in [2.24, 2.45) is 0 Å². The second-order valence-electron chi connectivity index (χ2n) is 3.86. The largest absolute Gasteiger partial charge is 0.417 e. The highest BCUT2D eigenvalue weighted by atomic mass is 35.5. The number of hydrogen-bond donors (Lipinski definition) is 0. The molecule has 0 saturated carbocycles. The molecule has 2 rings (SSSR count). The third-order valence-corrected chi connectivity index (χ3v) is 2.99. The highest BCUT2D eigenvalue weighted by Gasteiger charge is 2.34. The summed E-state index contributed by atoms with van der Waals surface area (Å²) in [5, 5.41) is -0.566. The number of ketones is 1. The maximum absolute atomic E-state index is 12.7. The molecule has 98 valence electrons. The summed E-state index contributed by atoms with van der Waals surface area (Å²) in [4.78, 5) is 12.1. The average Bonchev–Trinajstić information content (AvgIpc) is 2.38. The van der Waals surface area contributed by atoms with Crippen LogP contribution in [0.5, 0.6) is 0 Å². The van der Waals surface area contributed by atoms with Crippen molar-refractivity contribution in [3.05, 3.63) is 70.2 Å². The first-order valence-corrected chi connectivity index (χ1v) is 5.74. The fourth-order valence-corrected chi connectivity index (χ4v) is 1.99. The number of rotatable bonds is 2. The minimum Gasteiger partial charge on any atom is -0.289 e. The van der Waals surface area contributed by atoms with Crippen LogP contribution in [0.3, 0.4) is 0 Å². The summed E-state index contributed by atoms with van der Waals surface area (Å²) in [5.74, 6) is -0.531. The van der Waals surface area contributed by atoms with Gasteiger partial charge in [0.2, 0.25) is 0 Å². The van der Waals surface area contributed by atoms with E-state index < -0.39 is 22.5 Å². The van der Waals surface area contributed by atoms with Crippen LogP contribution in [-0.4, -0.2) is 5.78 Å². The normalized spacial score (nSPS) is 11.4. The summed E-state index contributed by atoms with van der Waals surface area (Å²) < 4.78 is 38.1. The molecule has 0 unspecified atom stereocenters. The van der Waals surface area contributed by atoms with Crippen LogP contribution >= 0.6 is 11.6 Å². The van der Waals surface area contributed by atoms with E-state index in [2.05, 4.69) is 0 Å². The fourth-order valence-electron chi connectivity index (χ4n) is 1.67. The molecule has 0 N–H and O–H groups in total. The summed E-state index contributed by atoms with van der Waals surface area (Å²) in [6, 6.07) is 11.3. The third-order valence-electron chi connectivity index (χ3n) is 2.58. The van der Waals surface area contributed by atoms with Crippen LogP contribution in [0.4, 0.5) is 13.2 Å². The number of carbonyl (C=O) groups is 1. The van der Waals surface area contributed by atoms with E-state index in [1.807, 2.05) is 0 Å². The average molecular weight is 285 g/mol. The number of hydrogen-bond acceptors (Lipinski definition) is 1. The lowest BCUT2D eigenvalue weighted by Crippen LogP contribution is -2.10. The van der Waals surface area contributed by atoms with Gasteiger partial charge in [-0.2, -0.15) is 13.2 Å². The molecule has 0 spiro atoms. The number of alkyl halides is 3. The lowest BCUT2D eigenvalue weighted by atomic mass is 10.0. The van der Waals surface area contributed by atoms with Crippen LogP contribution in [0.15, 0.2) is 48.5 Å². The van der Waals surface area contributed by atoms with Gasteiger partial charge in [-0.1, -0.05) is 48.0 Å². The number of carbonyl (C=O) groups excluding carboxylic acids is 1. The van der Waals surface area contributed by atoms with Crippen LogP contribution in [0, 0.1) is 0 Å². The second-order valence-corrected chi connectivity index (χ2v) is 4.24. The molecule has 0 radical (unpaired) electrons. The molecule has 0 aromatic heterocycles. The minimum atomic E-state index is -4.58. The molecular weight excluding hydrogens is 277 g/mol. The van der Waals surface area contributed by atoms with Crippen LogP contribution in [0.2, 0.25) is 5.02 Å². The Bertz CT molecular complexity index is 606. The SMILES string of the molecule is O=C(c1ccccc1)c1cccc(C(F)(F)F)c1Cl. The van der Waals surface area contributed by atoms with Crippen molar-refractivity contribution < 1.29 is 18.0 Å². The van der Waals surface area contributed by atoms with Crippen molar-refractivity contribution >= 4 is 17.4 Å². The monoisotopic (exact) mass is 284 g/mol. The molecule has 0 heterocycles. The van der Waals surface area contributed by atoms with Gasteiger partial charge < -0.3 is 0 Å². The van der Waals surface area contributed by atoms with Crippen molar-refractivity contribution in [1.29, 1.82) is 0 Å². The highest BCUT2D eigenvalue weighted by molar-refractivity contribution is 6.35. The highest BCUT2D eigenvalue weighted by Crippen LogP contribution is 2.36. The van der Waals surface area contributed by atoms with E-state index in [0.29, 0.717) is 5.56 Å². The second kappa shape index (κ2) is 5.05. The van der Waals surface area contributed by atoms with E-state index in [9.17, 15) is 18.0 Å². The van der Waals surface area contributed by atoms with E-state index in [0.717, 1.165) is 6.07 Å². The number of benzene rings is 2. The fraction of sp³-hybridized carbons (Fsp3) is 0.0714. The van der Waals surface area contributed by atoms with Crippen LogP contribution in [0.25, 0.3) is 0 Å². The van der Waals surface area contributed by atoms with E-state index in [-0.39, 0.29) is 5.56 Å². The molecular formula is C14H8ClF3O. The Morgan fingerprint density at radius 1 is 0.947 bits per heavy atom. The van der Waals surface area contributed by atoms with Gasteiger partial charge in [-0.05, 0) is 12.1 Å². The summed E-state index contributed by atoms with van der Waals surface area (Å²) in [7, 11) is 0. The topological polar surface area (TPSA) is 17.1 Å². The van der Waals surface area contributed by atoms with Crippen molar-refractivity contribution in [2.45, 2.75) is 6.18 Å². The standard InChI is InChI=1S/C14H8ClF3O/c15-12-10(7-4-8-11(12)14(16,17)18)13(19)9-5-2-1-3-6-9/h1-8H. The van der Waals surface area contributed by atoms with Gasteiger partial charge in [0.15, 0.2) is 5.78 Å².